The van der Waals surface area contributed by atoms with Crippen LogP contribution in [0.2, 0.25) is 0 Å². The summed E-state index contributed by atoms with van der Waals surface area (Å²) in [6.45, 7) is 0. The molecule has 0 aliphatic heterocycles. The van der Waals surface area contributed by atoms with Gasteiger partial charge in [0.1, 0.15) is 11.0 Å². The second-order valence-electron chi connectivity index (χ2n) is 4.00. The molecular weight excluding hydrogens is 232 g/mol. The van der Waals surface area contributed by atoms with Crippen LogP contribution in [0.5, 0.6) is 0 Å². The molecular formula is C13H16N2OS. The highest BCUT2D eigenvalue weighted by atomic mass is 32.2. The third-order valence-electron chi connectivity index (χ3n) is 2.73. The molecule has 2 aromatic rings. The number of anilines is 1. The summed E-state index contributed by atoms with van der Waals surface area (Å²) in [5.74, 6) is 0. The van der Waals surface area contributed by atoms with Crippen molar-refractivity contribution in [2.45, 2.75) is 4.90 Å². The minimum absolute atomic E-state index is 0.828. The fourth-order valence-electron chi connectivity index (χ4n) is 1.93. The molecule has 0 aliphatic carbocycles. The van der Waals surface area contributed by atoms with Gasteiger partial charge in [-0.25, -0.2) is 8.93 Å². The van der Waals surface area contributed by atoms with Gasteiger partial charge >= 0.3 is 0 Å². The highest BCUT2D eigenvalue weighted by Crippen LogP contribution is 2.28. The van der Waals surface area contributed by atoms with Gasteiger partial charge in [0.05, 0.1) is 4.90 Å². The summed E-state index contributed by atoms with van der Waals surface area (Å²) in [5.41, 5.74) is 1.14. The summed E-state index contributed by atoms with van der Waals surface area (Å²) in [5, 5.41) is 2.16. The van der Waals surface area contributed by atoms with E-state index in [1.807, 2.05) is 38.4 Å². The maximum absolute atomic E-state index is 11.9. The van der Waals surface area contributed by atoms with Crippen LogP contribution in [0.1, 0.15) is 0 Å². The van der Waals surface area contributed by atoms with Crippen molar-refractivity contribution in [3.63, 3.8) is 0 Å². The lowest BCUT2D eigenvalue weighted by Crippen LogP contribution is -2.12. The minimum Gasteiger partial charge on any atom is -0.377 e. The number of hydrogen-bond acceptors (Lipinski definition) is 2. The van der Waals surface area contributed by atoms with E-state index in [9.17, 15) is 4.21 Å². The van der Waals surface area contributed by atoms with E-state index in [4.69, 9.17) is 0 Å². The largest absolute Gasteiger partial charge is 0.377 e. The summed E-state index contributed by atoms with van der Waals surface area (Å²) >= 11 is 0. The van der Waals surface area contributed by atoms with E-state index in [0.29, 0.717) is 0 Å². The van der Waals surface area contributed by atoms with Crippen LogP contribution in [-0.4, -0.2) is 25.4 Å². The molecule has 1 unspecified atom stereocenters. The predicted molar refractivity (Wildman–Crippen MR) is 73.7 cm³/mol. The highest BCUT2D eigenvalue weighted by molar-refractivity contribution is 7.83. The summed E-state index contributed by atoms with van der Waals surface area (Å²) < 4.78 is 14.7. The molecule has 0 bridgehead atoms. The van der Waals surface area contributed by atoms with Crippen molar-refractivity contribution >= 4 is 27.4 Å². The lowest BCUT2D eigenvalue weighted by molar-refractivity contribution is 0.678. The molecule has 90 valence electrons. The quantitative estimate of drug-likeness (QED) is 0.902. The molecule has 0 radical (unpaired) electrons. The van der Waals surface area contributed by atoms with Crippen LogP contribution in [0, 0.1) is 0 Å². The van der Waals surface area contributed by atoms with E-state index in [-0.39, 0.29) is 0 Å². The molecule has 0 amide bonds. The van der Waals surface area contributed by atoms with Crippen molar-refractivity contribution in [1.82, 2.24) is 4.72 Å². The molecule has 0 saturated carbocycles. The molecule has 17 heavy (non-hydrogen) atoms. The van der Waals surface area contributed by atoms with Gasteiger partial charge in [0.2, 0.25) is 0 Å². The van der Waals surface area contributed by atoms with Crippen LogP contribution < -0.4 is 9.62 Å². The van der Waals surface area contributed by atoms with E-state index in [2.05, 4.69) is 21.8 Å². The van der Waals surface area contributed by atoms with Gasteiger partial charge in [0.25, 0.3) is 0 Å². The molecule has 0 heterocycles. The molecule has 0 spiro atoms. The first-order chi connectivity index (χ1) is 8.15. The number of nitrogens with zero attached hydrogens (tertiary/aromatic N) is 1. The smallest absolute Gasteiger partial charge is 0.125 e. The average Bonchev–Trinajstić information content (AvgIpc) is 2.36. The standard InChI is InChI=1S/C13H16N2OS/c1-14-17(16)13-9-5-6-10-11(13)7-4-8-12(10)15(2)3/h4-9,14H,1-3H3. The number of hydrogen-bond donors (Lipinski definition) is 1. The Morgan fingerprint density at radius 1 is 1.06 bits per heavy atom. The van der Waals surface area contributed by atoms with Gasteiger partial charge in [0, 0.05) is 30.6 Å². The molecule has 0 saturated heterocycles. The van der Waals surface area contributed by atoms with Crippen LogP contribution in [0.3, 0.4) is 0 Å². The first-order valence-electron chi connectivity index (χ1n) is 5.43. The summed E-state index contributed by atoms with van der Waals surface area (Å²) in [4.78, 5) is 2.89. The van der Waals surface area contributed by atoms with E-state index in [0.717, 1.165) is 21.4 Å². The molecule has 3 nitrogen and oxygen atoms in total. The van der Waals surface area contributed by atoms with Crippen LogP contribution in [-0.2, 0) is 11.0 Å². The summed E-state index contributed by atoms with van der Waals surface area (Å²) in [7, 11) is 4.56. The normalized spacial score (nSPS) is 12.6. The van der Waals surface area contributed by atoms with Crippen molar-refractivity contribution in [2.75, 3.05) is 26.0 Å². The van der Waals surface area contributed by atoms with Gasteiger partial charge in [-0.3, -0.25) is 0 Å². The second-order valence-corrected chi connectivity index (χ2v) is 5.38. The van der Waals surface area contributed by atoms with Crippen LogP contribution in [0.4, 0.5) is 5.69 Å². The zero-order valence-corrected chi connectivity index (χ0v) is 11.0. The molecule has 4 heteroatoms. The summed E-state index contributed by atoms with van der Waals surface area (Å²) in [6, 6.07) is 12.0. The lowest BCUT2D eigenvalue weighted by atomic mass is 10.1. The van der Waals surface area contributed by atoms with Crippen LogP contribution in [0.25, 0.3) is 10.8 Å². The van der Waals surface area contributed by atoms with Crippen molar-refractivity contribution < 1.29 is 4.21 Å². The number of fused-ring (bicyclic) bond motifs is 1. The Hall–Kier alpha value is -1.39. The molecule has 2 aromatic carbocycles. The molecule has 0 aliphatic rings. The SMILES string of the molecule is CNS(=O)c1cccc2c(N(C)C)cccc12. The van der Waals surface area contributed by atoms with Crippen LogP contribution >= 0.6 is 0 Å². The second kappa shape index (κ2) is 4.85. The third kappa shape index (κ3) is 2.18. The maximum Gasteiger partial charge on any atom is 0.125 e. The average molecular weight is 248 g/mol. The Morgan fingerprint density at radius 3 is 2.35 bits per heavy atom. The van der Waals surface area contributed by atoms with Crippen LogP contribution in [0.15, 0.2) is 41.3 Å². The molecule has 1 N–H and O–H groups in total. The Labute approximate surface area is 104 Å². The van der Waals surface area contributed by atoms with Crippen molar-refractivity contribution in [3.8, 4) is 0 Å². The lowest BCUT2D eigenvalue weighted by Gasteiger charge is -2.16. The van der Waals surface area contributed by atoms with E-state index in [1.165, 1.54) is 0 Å². The first kappa shape index (κ1) is 12.1. The van der Waals surface area contributed by atoms with Gasteiger partial charge in [-0.15, -0.1) is 0 Å². The summed E-state index contributed by atoms with van der Waals surface area (Å²) in [6.07, 6.45) is 0. The van der Waals surface area contributed by atoms with Crippen molar-refractivity contribution in [1.29, 1.82) is 0 Å². The Morgan fingerprint density at radius 2 is 1.71 bits per heavy atom. The van der Waals surface area contributed by atoms with E-state index in [1.54, 1.807) is 7.05 Å². The fourth-order valence-corrected chi connectivity index (χ4v) is 2.73. The Kier molecular flexibility index (Phi) is 3.45. The third-order valence-corrected chi connectivity index (χ3v) is 3.85. The number of rotatable bonds is 3. The topological polar surface area (TPSA) is 32.3 Å². The zero-order valence-electron chi connectivity index (χ0n) is 10.2. The molecule has 0 aromatic heterocycles. The van der Waals surface area contributed by atoms with E-state index >= 15 is 0 Å². The maximum atomic E-state index is 11.9. The van der Waals surface area contributed by atoms with Gasteiger partial charge in [-0.2, -0.15) is 0 Å². The van der Waals surface area contributed by atoms with E-state index < -0.39 is 11.0 Å². The molecule has 0 fully saturated rings. The molecule has 2 rings (SSSR count). The predicted octanol–water partition coefficient (Wildman–Crippen LogP) is 2.15. The number of benzene rings is 2. The first-order valence-corrected chi connectivity index (χ1v) is 6.58. The minimum atomic E-state index is -1.15. The Balaban J connectivity index is 2.74. The molecule has 1 atom stereocenters. The monoisotopic (exact) mass is 248 g/mol. The van der Waals surface area contributed by atoms with Crippen molar-refractivity contribution in [2.24, 2.45) is 0 Å². The Bertz CT molecular complexity index is 566. The van der Waals surface area contributed by atoms with Gasteiger partial charge in [-0.05, 0) is 19.2 Å². The van der Waals surface area contributed by atoms with Gasteiger partial charge < -0.3 is 4.90 Å². The fraction of sp³-hybridized carbons (Fsp3) is 0.231. The van der Waals surface area contributed by atoms with Gasteiger partial charge in [-0.1, -0.05) is 24.3 Å². The number of nitrogens with one attached hydrogen (secondary N) is 1. The van der Waals surface area contributed by atoms with Gasteiger partial charge in [0.15, 0.2) is 0 Å². The highest BCUT2D eigenvalue weighted by Gasteiger charge is 2.09. The zero-order chi connectivity index (χ0) is 12.4. The van der Waals surface area contributed by atoms with Crippen molar-refractivity contribution in [3.05, 3.63) is 36.4 Å².